The van der Waals surface area contributed by atoms with Gasteiger partial charge in [-0.15, -0.1) is 0 Å². The van der Waals surface area contributed by atoms with Gasteiger partial charge in [-0.1, -0.05) is 35.3 Å². The molecule has 0 saturated heterocycles. The average molecular weight is 441 g/mol. The maximum absolute atomic E-state index is 6.55. The summed E-state index contributed by atoms with van der Waals surface area (Å²) in [4.78, 5) is 7.21. The molecule has 1 aliphatic heterocycles. The van der Waals surface area contributed by atoms with E-state index in [2.05, 4.69) is 23.1 Å². The van der Waals surface area contributed by atoms with Crippen LogP contribution in [-0.4, -0.2) is 33.0 Å². The number of methoxy groups -OCH3 is 2. The van der Waals surface area contributed by atoms with Gasteiger partial charge >= 0.3 is 0 Å². The number of fused-ring (bicyclic) bond motifs is 1. The SMILES string of the molecule is COc1ccc(CN2CCN=C(c3cc(OC)ccc3Cl)c3cc(Cl)ccc32)cc1. The van der Waals surface area contributed by atoms with E-state index in [1.807, 2.05) is 42.5 Å². The zero-order chi connectivity index (χ0) is 21.1. The Kier molecular flexibility index (Phi) is 6.16. The third kappa shape index (κ3) is 4.25. The van der Waals surface area contributed by atoms with Crippen LogP contribution in [0.5, 0.6) is 11.5 Å². The van der Waals surface area contributed by atoms with Crippen molar-refractivity contribution in [3.05, 3.63) is 87.4 Å². The van der Waals surface area contributed by atoms with Crippen LogP contribution in [0.3, 0.4) is 0 Å². The van der Waals surface area contributed by atoms with Crippen LogP contribution in [0.4, 0.5) is 5.69 Å². The highest BCUT2D eigenvalue weighted by Crippen LogP contribution is 2.33. The molecule has 0 unspecified atom stereocenters. The first kappa shape index (κ1) is 20.6. The summed E-state index contributed by atoms with van der Waals surface area (Å²) >= 11 is 12.9. The van der Waals surface area contributed by atoms with Crippen LogP contribution < -0.4 is 14.4 Å². The number of hydrogen-bond donors (Lipinski definition) is 0. The molecule has 0 saturated carbocycles. The Morgan fingerprint density at radius 2 is 1.60 bits per heavy atom. The fraction of sp³-hybridized carbons (Fsp3) is 0.208. The van der Waals surface area contributed by atoms with Crippen molar-refractivity contribution in [1.29, 1.82) is 0 Å². The van der Waals surface area contributed by atoms with Crippen LogP contribution in [-0.2, 0) is 6.54 Å². The summed E-state index contributed by atoms with van der Waals surface area (Å²) in [6.45, 7) is 2.18. The number of rotatable bonds is 5. The molecule has 1 aliphatic rings. The van der Waals surface area contributed by atoms with Crippen LogP contribution in [0.1, 0.15) is 16.7 Å². The number of aliphatic imine (C=N–C) groups is 1. The third-order valence-corrected chi connectivity index (χ3v) is 5.72. The second-order valence-corrected chi connectivity index (χ2v) is 7.85. The lowest BCUT2D eigenvalue weighted by atomic mass is 9.99. The summed E-state index contributed by atoms with van der Waals surface area (Å²) < 4.78 is 10.7. The van der Waals surface area contributed by atoms with Crippen molar-refractivity contribution in [3.8, 4) is 11.5 Å². The minimum Gasteiger partial charge on any atom is -0.497 e. The first-order valence-electron chi connectivity index (χ1n) is 9.65. The largest absolute Gasteiger partial charge is 0.497 e. The highest BCUT2D eigenvalue weighted by atomic mass is 35.5. The fourth-order valence-corrected chi connectivity index (χ4v) is 4.00. The van der Waals surface area contributed by atoms with Crippen molar-refractivity contribution in [2.75, 3.05) is 32.2 Å². The van der Waals surface area contributed by atoms with Crippen LogP contribution in [0.2, 0.25) is 10.0 Å². The highest BCUT2D eigenvalue weighted by molar-refractivity contribution is 6.36. The first-order chi connectivity index (χ1) is 14.6. The quantitative estimate of drug-likeness (QED) is 0.497. The molecule has 0 radical (unpaired) electrons. The molecule has 0 atom stereocenters. The van der Waals surface area contributed by atoms with E-state index >= 15 is 0 Å². The van der Waals surface area contributed by atoms with Gasteiger partial charge in [-0.25, -0.2) is 0 Å². The normalized spacial score (nSPS) is 13.3. The van der Waals surface area contributed by atoms with E-state index in [-0.39, 0.29) is 0 Å². The topological polar surface area (TPSA) is 34.1 Å². The standard InChI is InChI=1S/C24H22Cl2N2O2/c1-29-18-6-3-16(4-7-18)15-28-12-11-27-24(21-13-17(25)5-10-23(21)28)20-14-19(30-2)8-9-22(20)26/h3-10,13-14H,11-12,15H2,1-2H3. The first-order valence-corrected chi connectivity index (χ1v) is 10.4. The Morgan fingerprint density at radius 1 is 0.867 bits per heavy atom. The molecule has 0 fully saturated rings. The van der Waals surface area contributed by atoms with Gasteiger partial charge in [0.2, 0.25) is 0 Å². The Balaban J connectivity index is 1.75. The van der Waals surface area contributed by atoms with E-state index in [0.717, 1.165) is 47.1 Å². The summed E-state index contributed by atoms with van der Waals surface area (Å²) in [6.07, 6.45) is 0. The molecular formula is C24H22Cl2N2O2. The molecule has 6 heteroatoms. The molecule has 3 aromatic carbocycles. The fourth-order valence-electron chi connectivity index (χ4n) is 3.62. The monoisotopic (exact) mass is 440 g/mol. The lowest BCUT2D eigenvalue weighted by Gasteiger charge is -2.25. The second kappa shape index (κ2) is 8.99. The molecule has 0 N–H and O–H groups in total. The highest BCUT2D eigenvalue weighted by Gasteiger charge is 2.22. The maximum atomic E-state index is 6.55. The number of ether oxygens (including phenoxy) is 2. The van der Waals surface area contributed by atoms with Crippen LogP contribution >= 0.6 is 23.2 Å². The molecule has 0 aliphatic carbocycles. The smallest absolute Gasteiger partial charge is 0.119 e. The summed E-state index contributed by atoms with van der Waals surface area (Å²) in [5, 5.41) is 1.29. The number of anilines is 1. The Morgan fingerprint density at radius 3 is 2.33 bits per heavy atom. The van der Waals surface area contributed by atoms with Gasteiger partial charge in [0.05, 0.1) is 31.5 Å². The van der Waals surface area contributed by atoms with Gasteiger partial charge < -0.3 is 14.4 Å². The van der Waals surface area contributed by atoms with Crippen LogP contribution in [0, 0.1) is 0 Å². The third-order valence-electron chi connectivity index (χ3n) is 5.16. The summed E-state index contributed by atoms with van der Waals surface area (Å²) in [5.74, 6) is 1.58. The number of nitrogens with zero attached hydrogens (tertiary/aromatic N) is 2. The van der Waals surface area contributed by atoms with Crippen molar-refractivity contribution in [2.45, 2.75) is 6.54 Å². The van der Waals surface area contributed by atoms with Crippen molar-refractivity contribution in [1.82, 2.24) is 0 Å². The average Bonchev–Trinajstić information content (AvgIpc) is 2.94. The molecule has 154 valence electrons. The molecule has 4 rings (SSSR count). The molecule has 0 bridgehead atoms. The minimum atomic E-state index is 0.629. The van der Waals surface area contributed by atoms with Gasteiger partial charge in [0.1, 0.15) is 11.5 Å². The molecule has 3 aromatic rings. The Labute approximate surface area is 186 Å². The summed E-state index contributed by atoms with van der Waals surface area (Å²) in [5.41, 5.74) is 4.90. The van der Waals surface area contributed by atoms with E-state index in [1.165, 1.54) is 5.56 Å². The van der Waals surface area contributed by atoms with Gasteiger partial charge in [0.15, 0.2) is 0 Å². The van der Waals surface area contributed by atoms with Crippen LogP contribution in [0.25, 0.3) is 0 Å². The predicted octanol–water partition coefficient (Wildman–Crippen LogP) is 5.87. The summed E-state index contributed by atoms with van der Waals surface area (Å²) in [6, 6.07) is 19.7. The molecular weight excluding hydrogens is 419 g/mol. The van der Waals surface area contributed by atoms with Crippen molar-refractivity contribution in [3.63, 3.8) is 0 Å². The number of benzodiazepines with no additional fused rings is 1. The predicted molar refractivity (Wildman–Crippen MR) is 124 cm³/mol. The zero-order valence-corrected chi connectivity index (χ0v) is 18.4. The number of hydrogen-bond acceptors (Lipinski definition) is 4. The molecule has 1 heterocycles. The number of benzene rings is 3. The van der Waals surface area contributed by atoms with Crippen molar-refractivity contribution < 1.29 is 9.47 Å². The van der Waals surface area contributed by atoms with Gasteiger partial charge in [-0.3, -0.25) is 4.99 Å². The molecule has 0 spiro atoms. The van der Waals surface area contributed by atoms with Gasteiger partial charge in [0, 0.05) is 34.9 Å². The van der Waals surface area contributed by atoms with E-state index in [0.29, 0.717) is 16.6 Å². The molecule has 30 heavy (non-hydrogen) atoms. The van der Waals surface area contributed by atoms with Crippen molar-refractivity contribution in [2.24, 2.45) is 4.99 Å². The van der Waals surface area contributed by atoms with Crippen LogP contribution in [0.15, 0.2) is 65.7 Å². The van der Waals surface area contributed by atoms with Gasteiger partial charge in [0.25, 0.3) is 0 Å². The van der Waals surface area contributed by atoms with E-state index in [1.54, 1.807) is 14.2 Å². The Hall–Kier alpha value is -2.69. The van der Waals surface area contributed by atoms with Gasteiger partial charge in [-0.05, 0) is 54.1 Å². The van der Waals surface area contributed by atoms with E-state index < -0.39 is 0 Å². The van der Waals surface area contributed by atoms with Gasteiger partial charge in [-0.2, -0.15) is 0 Å². The van der Waals surface area contributed by atoms with E-state index in [4.69, 9.17) is 37.7 Å². The molecule has 4 nitrogen and oxygen atoms in total. The minimum absolute atomic E-state index is 0.629. The maximum Gasteiger partial charge on any atom is 0.119 e. The van der Waals surface area contributed by atoms with Crippen molar-refractivity contribution >= 4 is 34.6 Å². The lowest BCUT2D eigenvalue weighted by molar-refractivity contribution is 0.414. The zero-order valence-electron chi connectivity index (χ0n) is 16.9. The Bertz CT molecular complexity index is 1080. The molecule has 0 amide bonds. The summed E-state index contributed by atoms with van der Waals surface area (Å²) in [7, 11) is 3.32. The van der Waals surface area contributed by atoms with E-state index in [9.17, 15) is 0 Å². The number of halogens is 2. The second-order valence-electron chi connectivity index (χ2n) is 7.01. The molecule has 0 aromatic heterocycles. The lowest BCUT2D eigenvalue weighted by Crippen LogP contribution is -2.25.